The number of aromatic amines is 1. The minimum atomic E-state index is -0.466. The Bertz CT molecular complexity index is 1540. The highest BCUT2D eigenvalue weighted by Gasteiger charge is 2.36. The number of rotatable bonds is 2. The molecule has 0 radical (unpaired) electrons. The molecule has 1 unspecified atom stereocenters. The topological polar surface area (TPSA) is 94.4 Å². The van der Waals surface area contributed by atoms with Crippen LogP contribution in [-0.4, -0.2) is 31.7 Å². The lowest BCUT2D eigenvalue weighted by Crippen LogP contribution is -2.24. The third-order valence-corrected chi connectivity index (χ3v) is 5.77. The average molecular weight is 432 g/mol. The number of benzene rings is 2. The standard InChI is InChI=1S/C22H14ClN5O3/c1-30-13-6-7-14-15(8-13)27-21(29)17-16(11-2-4-12(23)5-3-11)18-20-24-9-26-28(20)10-25-22(18)31-19(14)17/h2-10,16H,1H3,(H,27,29). The molecule has 1 aliphatic rings. The summed E-state index contributed by atoms with van der Waals surface area (Å²) in [5, 5.41) is 5.54. The maximum atomic E-state index is 13.3. The lowest BCUT2D eigenvalue weighted by molar-refractivity contribution is 0.415. The first kappa shape index (κ1) is 17.9. The van der Waals surface area contributed by atoms with E-state index in [4.69, 9.17) is 21.1 Å². The van der Waals surface area contributed by atoms with Crippen LogP contribution >= 0.6 is 11.6 Å². The van der Waals surface area contributed by atoms with Crippen LogP contribution in [0, 0.1) is 0 Å². The Morgan fingerprint density at radius 1 is 1.13 bits per heavy atom. The number of H-pyrrole nitrogens is 1. The number of nitrogens with one attached hydrogen (secondary N) is 1. The Balaban J connectivity index is 1.72. The van der Waals surface area contributed by atoms with Crippen molar-refractivity contribution in [1.82, 2.24) is 24.6 Å². The molecule has 0 saturated heterocycles. The van der Waals surface area contributed by atoms with Crippen LogP contribution in [0.15, 0.2) is 59.9 Å². The lowest BCUT2D eigenvalue weighted by atomic mass is 9.84. The van der Waals surface area contributed by atoms with Crippen LogP contribution in [0.4, 0.5) is 0 Å². The highest BCUT2D eigenvalue weighted by Crippen LogP contribution is 2.48. The van der Waals surface area contributed by atoms with Crippen LogP contribution < -0.4 is 15.0 Å². The molecule has 1 atom stereocenters. The highest BCUT2D eigenvalue weighted by molar-refractivity contribution is 6.30. The molecule has 0 saturated carbocycles. The Morgan fingerprint density at radius 3 is 2.77 bits per heavy atom. The van der Waals surface area contributed by atoms with Crippen LogP contribution in [0.25, 0.3) is 16.6 Å². The SMILES string of the molecule is COc1ccc2c3c(c(=O)[nH]c2c1)C(c1ccc(Cl)cc1)c1c(ncn2ncnc12)O3. The Kier molecular flexibility index (Phi) is 3.78. The van der Waals surface area contributed by atoms with Gasteiger partial charge in [0.15, 0.2) is 5.65 Å². The molecule has 0 bridgehead atoms. The number of halogens is 1. The first-order valence-corrected chi connectivity index (χ1v) is 9.87. The van der Waals surface area contributed by atoms with Gasteiger partial charge in [-0.3, -0.25) is 4.79 Å². The third kappa shape index (κ3) is 2.62. The fourth-order valence-electron chi connectivity index (χ4n) is 4.12. The Hall–Kier alpha value is -3.91. The fraction of sp³-hybridized carbons (Fsp3) is 0.0909. The van der Waals surface area contributed by atoms with Gasteiger partial charge in [-0.05, 0) is 29.8 Å². The second kappa shape index (κ2) is 6.55. The van der Waals surface area contributed by atoms with Crippen molar-refractivity contribution in [2.24, 2.45) is 0 Å². The van der Waals surface area contributed by atoms with Crippen molar-refractivity contribution in [3.05, 3.63) is 87.2 Å². The summed E-state index contributed by atoms with van der Waals surface area (Å²) in [5.41, 5.74) is 2.95. The van der Waals surface area contributed by atoms with E-state index >= 15 is 0 Å². The smallest absolute Gasteiger partial charge is 0.256 e. The van der Waals surface area contributed by atoms with Gasteiger partial charge in [-0.2, -0.15) is 5.10 Å². The highest BCUT2D eigenvalue weighted by atomic mass is 35.5. The summed E-state index contributed by atoms with van der Waals surface area (Å²) in [6.45, 7) is 0. The molecule has 2 aromatic carbocycles. The fourth-order valence-corrected chi connectivity index (χ4v) is 4.25. The number of fused-ring (bicyclic) bond motifs is 6. The van der Waals surface area contributed by atoms with Crippen molar-refractivity contribution in [2.75, 3.05) is 7.11 Å². The zero-order valence-electron chi connectivity index (χ0n) is 16.2. The molecule has 152 valence electrons. The normalized spacial score (nSPS) is 14.8. The van der Waals surface area contributed by atoms with Crippen molar-refractivity contribution in [2.45, 2.75) is 5.92 Å². The van der Waals surface area contributed by atoms with Crippen molar-refractivity contribution >= 4 is 28.2 Å². The zero-order chi connectivity index (χ0) is 21.1. The molecule has 9 heteroatoms. The molecule has 1 N–H and O–H groups in total. The number of aromatic nitrogens is 5. The van der Waals surface area contributed by atoms with Gasteiger partial charge in [0.05, 0.1) is 29.7 Å². The van der Waals surface area contributed by atoms with Crippen LogP contribution in [0.2, 0.25) is 5.02 Å². The van der Waals surface area contributed by atoms with Crippen LogP contribution in [0.1, 0.15) is 22.6 Å². The molecule has 8 nitrogen and oxygen atoms in total. The second-order valence-corrected chi connectivity index (χ2v) is 7.62. The molecule has 31 heavy (non-hydrogen) atoms. The van der Waals surface area contributed by atoms with Gasteiger partial charge in [-0.1, -0.05) is 23.7 Å². The van der Waals surface area contributed by atoms with Crippen molar-refractivity contribution in [1.29, 1.82) is 0 Å². The first-order chi connectivity index (χ1) is 15.1. The number of hydrogen-bond acceptors (Lipinski definition) is 6. The van der Waals surface area contributed by atoms with Crippen LogP contribution in [0.5, 0.6) is 17.4 Å². The molecule has 0 aliphatic carbocycles. The summed E-state index contributed by atoms with van der Waals surface area (Å²) in [4.78, 5) is 25.2. The molecule has 3 aromatic heterocycles. The van der Waals surface area contributed by atoms with E-state index in [9.17, 15) is 4.79 Å². The quantitative estimate of drug-likeness (QED) is 0.446. The maximum Gasteiger partial charge on any atom is 0.256 e. The third-order valence-electron chi connectivity index (χ3n) is 5.52. The van der Waals surface area contributed by atoms with E-state index < -0.39 is 5.92 Å². The predicted molar refractivity (Wildman–Crippen MR) is 114 cm³/mol. The number of methoxy groups -OCH3 is 1. The Morgan fingerprint density at radius 2 is 1.97 bits per heavy atom. The molecule has 4 heterocycles. The van der Waals surface area contributed by atoms with Gasteiger partial charge in [0.25, 0.3) is 5.56 Å². The van der Waals surface area contributed by atoms with E-state index in [2.05, 4.69) is 20.1 Å². The molecule has 5 aromatic rings. The van der Waals surface area contributed by atoms with Crippen LogP contribution in [0.3, 0.4) is 0 Å². The van der Waals surface area contributed by atoms with E-state index in [1.807, 2.05) is 24.3 Å². The summed E-state index contributed by atoms with van der Waals surface area (Å²) < 4.78 is 13.1. The Labute approximate surface area is 180 Å². The van der Waals surface area contributed by atoms with Gasteiger partial charge in [-0.25, -0.2) is 14.5 Å². The first-order valence-electron chi connectivity index (χ1n) is 9.49. The lowest BCUT2D eigenvalue weighted by Gasteiger charge is -2.28. The minimum Gasteiger partial charge on any atom is -0.497 e. The van der Waals surface area contributed by atoms with E-state index in [1.54, 1.807) is 36.2 Å². The molecule has 0 amide bonds. The number of ether oxygens (including phenoxy) is 2. The molecular weight excluding hydrogens is 418 g/mol. The monoisotopic (exact) mass is 431 g/mol. The van der Waals surface area contributed by atoms with Gasteiger partial charge in [0.2, 0.25) is 5.88 Å². The molecular formula is C22H14ClN5O3. The van der Waals surface area contributed by atoms with Gasteiger partial charge in [0.1, 0.15) is 24.2 Å². The van der Waals surface area contributed by atoms with Gasteiger partial charge in [-0.15, -0.1) is 0 Å². The van der Waals surface area contributed by atoms with E-state index in [0.717, 1.165) is 10.9 Å². The molecule has 6 rings (SSSR count). The van der Waals surface area contributed by atoms with Gasteiger partial charge in [0, 0.05) is 16.5 Å². The zero-order valence-corrected chi connectivity index (χ0v) is 16.9. The number of hydrogen-bond donors (Lipinski definition) is 1. The van der Waals surface area contributed by atoms with Crippen molar-refractivity contribution in [3.63, 3.8) is 0 Å². The summed E-state index contributed by atoms with van der Waals surface area (Å²) >= 11 is 6.12. The van der Waals surface area contributed by atoms with Crippen molar-refractivity contribution < 1.29 is 9.47 Å². The largest absolute Gasteiger partial charge is 0.497 e. The minimum absolute atomic E-state index is 0.261. The van der Waals surface area contributed by atoms with Crippen LogP contribution in [-0.2, 0) is 0 Å². The molecule has 1 aliphatic heterocycles. The van der Waals surface area contributed by atoms with E-state index in [-0.39, 0.29) is 5.56 Å². The summed E-state index contributed by atoms with van der Waals surface area (Å²) in [7, 11) is 1.58. The number of nitrogens with zero attached hydrogens (tertiary/aromatic N) is 4. The van der Waals surface area contributed by atoms with Gasteiger partial charge < -0.3 is 14.5 Å². The summed E-state index contributed by atoms with van der Waals surface area (Å²) in [5.74, 6) is 1.02. The molecule has 0 fully saturated rings. The maximum absolute atomic E-state index is 13.3. The van der Waals surface area contributed by atoms with Crippen molar-refractivity contribution in [3.8, 4) is 17.4 Å². The summed E-state index contributed by atoms with van der Waals surface area (Å²) in [6, 6.07) is 12.8. The van der Waals surface area contributed by atoms with E-state index in [0.29, 0.717) is 44.7 Å². The molecule has 0 spiro atoms. The number of pyridine rings is 1. The van der Waals surface area contributed by atoms with E-state index in [1.165, 1.54) is 6.33 Å². The summed E-state index contributed by atoms with van der Waals surface area (Å²) in [6.07, 6.45) is 2.99. The van der Waals surface area contributed by atoms with Gasteiger partial charge >= 0.3 is 0 Å². The average Bonchev–Trinajstić information content (AvgIpc) is 3.27. The second-order valence-electron chi connectivity index (χ2n) is 7.19. The predicted octanol–water partition coefficient (Wildman–Crippen LogP) is 3.91.